The Balaban J connectivity index is 0.00000225. The third kappa shape index (κ3) is 4.45. The minimum absolute atomic E-state index is 0. The van der Waals surface area contributed by atoms with E-state index in [1.807, 2.05) is 17.5 Å². The molecule has 132 valence electrons. The number of hydrogen-bond donors (Lipinski definition) is 2. The van der Waals surface area contributed by atoms with E-state index >= 15 is 0 Å². The summed E-state index contributed by atoms with van der Waals surface area (Å²) in [6.07, 6.45) is 1.29. The summed E-state index contributed by atoms with van der Waals surface area (Å²) in [5.41, 5.74) is 8.73. The Labute approximate surface area is 155 Å². The fraction of sp³-hybridized carbons (Fsp3) is 0.235. The molecule has 0 aliphatic carbocycles. The maximum atomic E-state index is 12.1. The van der Waals surface area contributed by atoms with E-state index in [1.54, 1.807) is 0 Å². The summed E-state index contributed by atoms with van der Waals surface area (Å²) in [7, 11) is 0. The smallest absolute Gasteiger partial charge is 0.279 e. The van der Waals surface area contributed by atoms with Gasteiger partial charge < -0.3 is 10.2 Å². The van der Waals surface area contributed by atoms with Gasteiger partial charge in [-0.1, -0.05) is 38.1 Å². The number of carbonyl (C=O) groups is 1. The molecule has 8 heteroatoms. The number of anilines is 1. The number of aromatic nitrogens is 2. The van der Waals surface area contributed by atoms with Crippen LogP contribution in [0.1, 0.15) is 41.7 Å². The molecule has 0 aliphatic heterocycles. The molecule has 2 heterocycles. The lowest BCUT2D eigenvalue weighted by Crippen LogP contribution is -2.12. The van der Waals surface area contributed by atoms with Crippen LogP contribution in [0.3, 0.4) is 0 Å². The zero-order valence-electron chi connectivity index (χ0n) is 13.9. The molecule has 6 nitrogen and oxygen atoms in total. The quantitative estimate of drug-likeness (QED) is 0.698. The number of rotatable bonds is 5. The molecule has 3 N–H and O–H groups in total. The van der Waals surface area contributed by atoms with Crippen molar-refractivity contribution in [1.29, 1.82) is 0 Å². The van der Waals surface area contributed by atoms with Gasteiger partial charge in [0.1, 0.15) is 6.26 Å². The second-order valence-corrected chi connectivity index (χ2v) is 6.46. The first-order valence-corrected chi connectivity index (χ1v) is 8.46. The molecule has 0 saturated carbocycles. The van der Waals surface area contributed by atoms with Crippen LogP contribution in [0.5, 0.6) is 0 Å². The first kappa shape index (κ1) is 19.1. The number of amides is 1. The average molecular weight is 379 g/mol. The molecular weight excluding hydrogens is 360 g/mol. The summed E-state index contributed by atoms with van der Waals surface area (Å²) in [6.45, 7) is 4.47. The Morgan fingerprint density at radius 3 is 2.60 bits per heavy atom. The van der Waals surface area contributed by atoms with Gasteiger partial charge in [-0.15, -0.1) is 23.7 Å². The summed E-state index contributed by atoms with van der Waals surface area (Å²) in [4.78, 5) is 20.5. The van der Waals surface area contributed by atoms with Gasteiger partial charge in [-0.2, -0.15) is 0 Å². The Hall–Kier alpha value is -2.22. The number of benzene rings is 1. The fourth-order valence-electron chi connectivity index (χ4n) is 2.17. The number of nitrogens with zero attached hydrogens (tertiary/aromatic N) is 2. The number of thiazole rings is 1. The summed E-state index contributed by atoms with van der Waals surface area (Å²) in [5.74, 6) is 0.449. The van der Waals surface area contributed by atoms with E-state index in [4.69, 9.17) is 10.2 Å². The largest absolute Gasteiger partial charge is 0.447 e. The zero-order valence-corrected chi connectivity index (χ0v) is 15.5. The van der Waals surface area contributed by atoms with Gasteiger partial charge in [0.25, 0.3) is 5.91 Å². The molecular formula is C17H19ClN4O2S. The number of nitrogens with two attached hydrogens (primary N) is 1. The first-order chi connectivity index (χ1) is 11.6. The minimum atomic E-state index is -0.366. The van der Waals surface area contributed by atoms with Crippen LogP contribution in [0, 0.1) is 0 Å². The van der Waals surface area contributed by atoms with Crippen LogP contribution in [0.15, 0.2) is 40.3 Å². The number of carbonyl (C=O) groups excluding carboxylic acids is 1. The predicted molar refractivity (Wildman–Crippen MR) is 101 cm³/mol. The summed E-state index contributed by atoms with van der Waals surface area (Å²) >= 11 is 1.36. The highest BCUT2D eigenvalue weighted by atomic mass is 35.5. The molecule has 25 heavy (non-hydrogen) atoms. The number of hydrogen-bond acceptors (Lipinski definition) is 6. The zero-order chi connectivity index (χ0) is 17.1. The molecule has 3 aromatic rings. The van der Waals surface area contributed by atoms with E-state index in [0.717, 1.165) is 11.3 Å². The highest BCUT2D eigenvalue weighted by Crippen LogP contribution is 2.26. The van der Waals surface area contributed by atoms with Crippen LogP contribution >= 0.6 is 23.7 Å². The SMILES string of the molecule is CC(C)c1ccc(-c2csc(NC(=O)c3coc(CN)n3)n2)cc1.Cl. The normalized spacial score (nSPS) is 10.6. The van der Waals surface area contributed by atoms with E-state index in [-0.39, 0.29) is 30.6 Å². The van der Waals surface area contributed by atoms with Crippen LogP contribution in [0.4, 0.5) is 5.13 Å². The van der Waals surface area contributed by atoms with Gasteiger partial charge in [0.05, 0.1) is 12.2 Å². The minimum Gasteiger partial charge on any atom is -0.447 e. The van der Waals surface area contributed by atoms with E-state index < -0.39 is 0 Å². The van der Waals surface area contributed by atoms with E-state index in [9.17, 15) is 4.79 Å². The van der Waals surface area contributed by atoms with Crippen LogP contribution in [0.25, 0.3) is 11.3 Å². The fourth-order valence-corrected chi connectivity index (χ4v) is 2.89. The van der Waals surface area contributed by atoms with Crippen molar-refractivity contribution in [3.8, 4) is 11.3 Å². The third-order valence-electron chi connectivity index (χ3n) is 3.56. The maximum absolute atomic E-state index is 12.1. The number of nitrogens with one attached hydrogen (secondary N) is 1. The molecule has 0 spiro atoms. The Bertz CT molecular complexity index is 842. The average Bonchev–Trinajstić information content (AvgIpc) is 3.24. The molecule has 3 rings (SSSR count). The lowest BCUT2D eigenvalue weighted by atomic mass is 10.0. The van der Waals surface area contributed by atoms with Crippen molar-refractivity contribution < 1.29 is 9.21 Å². The molecule has 1 aromatic carbocycles. The van der Waals surface area contributed by atoms with Crippen molar-refractivity contribution in [3.63, 3.8) is 0 Å². The van der Waals surface area contributed by atoms with Gasteiger partial charge in [0.15, 0.2) is 10.8 Å². The monoisotopic (exact) mass is 378 g/mol. The lowest BCUT2D eigenvalue weighted by molar-refractivity contribution is 0.102. The molecule has 0 aliphatic rings. The molecule has 0 atom stereocenters. The Kier molecular flexibility index (Phi) is 6.30. The number of halogens is 1. The van der Waals surface area contributed by atoms with Crippen LogP contribution < -0.4 is 11.1 Å². The van der Waals surface area contributed by atoms with E-state index in [1.165, 1.54) is 23.2 Å². The molecule has 0 radical (unpaired) electrons. The van der Waals surface area contributed by atoms with Crippen molar-refractivity contribution in [2.75, 3.05) is 5.32 Å². The van der Waals surface area contributed by atoms with Crippen molar-refractivity contribution in [3.05, 3.63) is 53.1 Å². The second-order valence-electron chi connectivity index (χ2n) is 5.60. The van der Waals surface area contributed by atoms with Crippen molar-refractivity contribution in [2.45, 2.75) is 26.3 Å². The van der Waals surface area contributed by atoms with Gasteiger partial charge in [0, 0.05) is 10.9 Å². The maximum Gasteiger partial charge on any atom is 0.279 e. The number of oxazole rings is 1. The highest BCUT2D eigenvalue weighted by molar-refractivity contribution is 7.14. The van der Waals surface area contributed by atoms with Gasteiger partial charge in [-0.3, -0.25) is 10.1 Å². The molecule has 0 fully saturated rings. The molecule has 0 saturated heterocycles. The Morgan fingerprint density at radius 2 is 2.00 bits per heavy atom. The molecule has 1 amide bonds. The van der Waals surface area contributed by atoms with Crippen molar-refractivity contribution >= 4 is 34.8 Å². The molecule has 0 unspecified atom stereocenters. The van der Waals surface area contributed by atoms with Gasteiger partial charge >= 0.3 is 0 Å². The summed E-state index contributed by atoms with van der Waals surface area (Å²) in [6, 6.07) is 8.28. The highest BCUT2D eigenvalue weighted by Gasteiger charge is 2.14. The molecule has 0 bridgehead atoms. The van der Waals surface area contributed by atoms with Gasteiger partial charge in [-0.25, -0.2) is 9.97 Å². The summed E-state index contributed by atoms with van der Waals surface area (Å²) in [5, 5.41) is 5.15. The predicted octanol–water partition coefficient (Wildman–Crippen LogP) is 4.05. The van der Waals surface area contributed by atoms with E-state index in [0.29, 0.717) is 16.9 Å². The topological polar surface area (TPSA) is 94.0 Å². The van der Waals surface area contributed by atoms with Crippen molar-refractivity contribution in [2.24, 2.45) is 5.73 Å². The Morgan fingerprint density at radius 1 is 1.28 bits per heavy atom. The van der Waals surface area contributed by atoms with Gasteiger partial charge in [-0.05, 0) is 11.5 Å². The second kappa shape index (κ2) is 8.24. The molecule has 2 aromatic heterocycles. The third-order valence-corrected chi connectivity index (χ3v) is 4.31. The summed E-state index contributed by atoms with van der Waals surface area (Å²) < 4.78 is 5.06. The van der Waals surface area contributed by atoms with Crippen LogP contribution in [0.2, 0.25) is 0 Å². The van der Waals surface area contributed by atoms with Crippen molar-refractivity contribution in [1.82, 2.24) is 9.97 Å². The lowest BCUT2D eigenvalue weighted by Gasteiger charge is -2.05. The van der Waals surface area contributed by atoms with E-state index in [2.05, 4.69) is 41.3 Å². The standard InChI is InChI=1S/C17H18N4O2S.ClH/c1-10(2)11-3-5-12(6-4-11)14-9-24-17(20-14)21-16(22)13-8-23-15(7-18)19-13;/h3-6,8-10H,7,18H2,1-2H3,(H,20,21,22);1H. The first-order valence-electron chi connectivity index (χ1n) is 7.58. The van der Waals surface area contributed by atoms with Crippen LogP contribution in [-0.2, 0) is 6.54 Å². The van der Waals surface area contributed by atoms with Crippen LogP contribution in [-0.4, -0.2) is 15.9 Å². The van der Waals surface area contributed by atoms with Gasteiger partial charge in [0.2, 0.25) is 5.89 Å².